The van der Waals surface area contributed by atoms with Crippen molar-refractivity contribution in [2.75, 3.05) is 33.3 Å². The molecule has 0 saturated carbocycles. The molecule has 1 aromatic carbocycles. The second-order valence-electron chi connectivity index (χ2n) is 6.49. The number of carbonyl (C=O) groups is 1. The summed E-state index contributed by atoms with van der Waals surface area (Å²) >= 11 is 2.23. The molecule has 27 heavy (non-hydrogen) atoms. The van der Waals surface area contributed by atoms with Crippen LogP contribution in [0.15, 0.2) is 41.3 Å². The summed E-state index contributed by atoms with van der Waals surface area (Å²) in [6.45, 7) is 3.36. The number of amides is 1. The van der Waals surface area contributed by atoms with Crippen molar-refractivity contribution in [3.8, 4) is 5.75 Å². The lowest BCUT2D eigenvalue weighted by molar-refractivity contribution is 0.0885. The smallest absolute Gasteiger partial charge is 0.409 e. The van der Waals surface area contributed by atoms with Gasteiger partial charge in [-0.2, -0.15) is 0 Å². The monoisotopic (exact) mass is 483 g/mol. The number of hydrogen-bond acceptors (Lipinski definition) is 5. The number of pyridine rings is 1. The van der Waals surface area contributed by atoms with Gasteiger partial charge in [0, 0.05) is 48.1 Å². The Labute approximate surface area is 171 Å². The molecule has 0 atom stereocenters. The van der Waals surface area contributed by atoms with Gasteiger partial charge < -0.3 is 19.3 Å². The normalized spacial score (nSPS) is 15.0. The van der Waals surface area contributed by atoms with Crippen LogP contribution in [0.25, 0.3) is 0 Å². The van der Waals surface area contributed by atoms with Gasteiger partial charge >= 0.3 is 6.09 Å². The molecule has 2 aromatic rings. The van der Waals surface area contributed by atoms with E-state index < -0.39 is 0 Å². The van der Waals surface area contributed by atoms with Crippen LogP contribution in [0.5, 0.6) is 5.75 Å². The zero-order chi connectivity index (χ0) is 19.4. The van der Waals surface area contributed by atoms with E-state index in [1.54, 1.807) is 17.2 Å². The standard InChI is InChI=1S/C19H22IN3O4/c1-27-19(26)22-9-7-21(8-10-22)13-15-5-6-23(18(25)17(15)24)12-14-3-2-4-16(20)11-14/h2-6,11,24H,7-10,12-13H2,1H3. The Morgan fingerprint density at radius 1 is 1.19 bits per heavy atom. The number of aromatic hydroxyl groups is 1. The Morgan fingerprint density at radius 3 is 2.59 bits per heavy atom. The fraction of sp³-hybridized carbons (Fsp3) is 0.368. The minimum absolute atomic E-state index is 0.210. The number of benzene rings is 1. The van der Waals surface area contributed by atoms with Gasteiger partial charge in [0.25, 0.3) is 5.56 Å². The van der Waals surface area contributed by atoms with Crippen LogP contribution in [0.1, 0.15) is 11.1 Å². The van der Waals surface area contributed by atoms with E-state index in [1.807, 2.05) is 24.3 Å². The Bertz CT molecular complexity index is 875. The summed E-state index contributed by atoms with van der Waals surface area (Å²) in [6, 6.07) is 9.70. The molecular formula is C19H22IN3O4. The van der Waals surface area contributed by atoms with Gasteiger partial charge in [0.15, 0.2) is 5.75 Å². The molecule has 0 unspecified atom stereocenters. The number of halogens is 1. The molecule has 1 saturated heterocycles. The number of methoxy groups -OCH3 is 1. The lowest BCUT2D eigenvalue weighted by atomic mass is 10.2. The van der Waals surface area contributed by atoms with Crippen LogP contribution in [0.4, 0.5) is 4.79 Å². The summed E-state index contributed by atoms with van der Waals surface area (Å²) in [4.78, 5) is 27.8. The highest BCUT2D eigenvalue weighted by molar-refractivity contribution is 14.1. The highest BCUT2D eigenvalue weighted by Gasteiger charge is 2.22. The third-order valence-electron chi connectivity index (χ3n) is 4.66. The van der Waals surface area contributed by atoms with E-state index in [1.165, 1.54) is 11.7 Å². The van der Waals surface area contributed by atoms with Crippen molar-refractivity contribution in [1.82, 2.24) is 14.4 Å². The molecule has 0 aliphatic carbocycles. The van der Waals surface area contributed by atoms with Gasteiger partial charge in [0.05, 0.1) is 13.7 Å². The maximum Gasteiger partial charge on any atom is 0.409 e. The molecular weight excluding hydrogens is 461 g/mol. The summed E-state index contributed by atoms with van der Waals surface area (Å²) in [7, 11) is 1.37. The average molecular weight is 483 g/mol. The highest BCUT2D eigenvalue weighted by Crippen LogP contribution is 2.16. The van der Waals surface area contributed by atoms with E-state index in [-0.39, 0.29) is 17.4 Å². The number of aromatic nitrogens is 1. The number of ether oxygens (including phenoxy) is 1. The lowest BCUT2D eigenvalue weighted by Crippen LogP contribution is -2.48. The SMILES string of the molecule is COC(=O)N1CCN(Cc2ccn(Cc3cccc(I)c3)c(=O)c2O)CC1. The molecule has 1 aliphatic heterocycles. The van der Waals surface area contributed by atoms with E-state index in [2.05, 4.69) is 27.5 Å². The van der Waals surface area contributed by atoms with Crippen molar-refractivity contribution in [2.24, 2.45) is 0 Å². The average Bonchev–Trinajstić information content (AvgIpc) is 2.68. The van der Waals surface area contributed by atoms with Gasteiger partial charge in [0.2, 0.25) is 0 Å². The molecule has 8 heteroatoms. The quantitative estimate of drug-likeness (QED) is 0.675. The van der Waals surface area contributed by atoms with Crippen LogP contribution in [0, 0.1) is 3.57 Å². The summed E-state index contributed by atoms with van der Waals surface area (Å²) in [5, 5.41) is 10.4. The lowest BCUT2D eigenvalue weighted by Gasteiger charge is -2.33. The molecule has 144 valence electrons. The first-order chi connectivity index (χ1) is 13.0. The fourth-order valence-electron chi connectivity index (χ4n) is 3.14. The van der Waals surface area contributed by atoms with Crippen LogP contribution in [-0.4, -0.2) is 58.9 Å². The maximum absolute atomic E-state index is 12.5. The van der Waals surface area contributed by atoms with Crippen LogP contribution in [0.2, 0.25) is 0 Å². The number of nitrogens with zero attached hydrogens (tertiary/aromatic N) is 3. The van der Waals surface area contributed by atoms with Crippen molar-refractivity contribution < 1.29 is 14.6 Å². The Morgan fingerprint density at radius 2 is 1.93 bits per heavy atom. The topological polar surface area (TPSA) is 75.0 Å². The minimum Gasteiger partial charge on any atom is -0.503 e. The third kappa shape index (κ3) is 4.81. The molecule has 2 heterocycles. The van der Waals surface area contributed by atoms with Crippen molar-refractivity contribution >= 4 is 28.7 Å². The minimum atomic E-state index is -0.389. The molecule has 1 N–H and O–H groups in total. The van der Waals surface area contributed by atoms with E-state index in [0.717, 1.165) is 9.13 Å². The van der Waals surface area contributed by atoms with Gasteiger partial charge in [-0.3, -0.25) is 9.69 Å². The van der Waals surface area contributed by atoms with E-state index in [9.17, 15) is 14.7 Å². The molecule has 0 spiro atoms. The summed E-state index contributed by atoms with van der Waals surface area (Å²) in [6.07, 6.45) is 1.40. The van der Waals surface area contributed by atoms with E-state index >= 15 is 0 Å². The molecule has 1 fully saturated rings. The second-order valence-corrected chi connectivity index (χ2v) is 7.73. The van der Waals surface area contributed by atoms with Crippen LogP contribution in [-0.2, 0) is 17.8 Å². The van der Waals surface area contributed by atoms with Gasteiger partial charge in [-0.1, -0.05) is 12.1 Å². The molecule has 1 aliphatic rings. The van der Waals surface area contributed by atoms with Crippen LogP contribution >= 0.6 is 22.6 Å². The van der Waals surface area contributed by atoms with Gasteiger partial charge in [-0.15, -0.1) is 0 Å². The molecule has 1 aromatic heterocycles. The largest absolute Gasteiger partial charge is 0.503 e. The number of piperazine rings is 1. The van der Waals surface area contributed by atoms with Crippen molar-refractivity contribution in [3.05, 3.63) is 61.6 Å². The Balaban J connectivity index is 1.67. The molecule has 3 rings (SSSR count). The van der Waals surface area contributed by atoms with Gasteiger partial charge in [-0.05, 0) is 46.4 Å². The van der Waals surface area contributed by atoms with E-state index in [0.29, 0.717) is 44.8 Å². The highest BCUT2D eigenvalue weighted by atomic mass is 127. The zero-order valence-electron chi connectivity index (χ0n) is 15.1. The Hall–Kier alpha value is -2.07. The van der Waals surface area contributed by atoms with E-state index in [4.69, 9.17) is 4.74 Å². The summed E-state index contributed by atoms with van der Waals surface area (Å²) in [5.41, 5.74) is 1.22. The molecule has 1 amide bonds. The van der Waals surface area contributed by atoms with Crippen molar-refractivity contribution in [2.45, 2.75) is 13.1 Å². The van der Waals surface area contributed by atoms with Crippen LogP contribution in [0.3, 0.4) is 0 Å². The third-order valence-corrected chi connectivity index (χ3v) is 5.34. The summed E-state index contributed by atoms with van der Waals surface area (Å²) in [5.74, 6) is -0.210. The van der Waals surface area contributed by atoms with Crippen molar-refractivity contribution in [3.63, 3.8) is 0 Å². The first-order valence-electron chi connectivity index (χ1n) is 8.69. The van der Waals surface area contributed by atoms with Gasteiger partial charge in [-0.25, -0.2) is 4.79 Å². The van der Waals surface area contributed by atoms with Crippen LogP contribution < -0.4 is 5.56 Å². The second kappa shape index (κ2) is 8.75. The van der Waals surface area contributed by atoms with Gasteiger partial charge in [0.1, 0.15) is 0 Å². The zero-order valence-corrected chi connectivity index (χ0v) is 17.3. The maximum atomic E-state index is 12.5. The number of rotatable bonds is 4. The number of hydrogen-bond donors (Lipinski definition) is 1. The predicted molar refractivity (Wildman–Crippen MR) is 110 cm³/mol. The summed E-state index contributed by atoms with van der Waals surface area (Å²) < 4.78 is 7.35. The number of carbonyl (C=O) groups excluding carboxylic acids is 1. The first-order valence-corrected chi connectivity index (χ1v) is 9.77. The first kappa shape index (κ1) is 19.7. The molecule has 0 bridgehead atoms. The molecule has 7 nitrogen and oxygen atoms in total. The predicted octanol–water partition coefficient (Wildman–Crippen LogP) is 2.09. The molecule has 0 radical (unpaired) electrons. The Kier molecular flexibility index (Phi) is 6.38. The van der Waals surface area contributed by atoms with Crippen molar-refractivity contribution in [1.29, 1.82) is 0 Å². The fourth-order valence-corrected chi connectivity index (χ4v) is 3.75.